The molecule has 0 spiro atoms. The van der Waals surface area contributed by atoms with E-state index in [0.717, 1.165) is 11.6 Å². The first-order chi connectivity index (χ1) is 9.79. The molecule has 0 aliphatic rings. The molecule has 0 amide bonds. The van der Waals surface area contributed by atoms with Crippen LogP contribution in [-0.2, 0) is 14.9 Å². The van der Waals surface area contributed by atoms with E-state index in [2.05, 4.69) is 25.5 Å². The molecule has 4 nitrogen and oxygen atoms in total. The monoisotopic (exact) mass is 290 g/mol. The quantitative estimate of drug-likeness (QED) is 0.474. The molecular weight excluding hydrogens is 268 g/mol. The van der Waals surface area contributed by atoms with Gasteiger partial charge in [0.1, 0.15) is 5.75 Å². The van der Waals surface area contributed by atoms with Crippen molar-refractivity contribution < 1.29 is 19.1 Å². The minimum atomic E-state index is -0.562. The van der Waals surface area contributed by atoms with Crippen LogP contribution in [0.2, 0.25) is 0 Å². The van der Waals surface area contributed by atoms with Gasteiger partial charge in [0.25, 0.3) is 0 Å². The summed E-state index contributed by atoms with van der Waals surface area (Å²) in [6.45, 7) is 8.54. The molecule has 0 aromatic heterocycles. The number of hydrogen-bond donors (Lipinski definition) is 0. The zero-order valence-electron chi connectivity index (χ0n) is 13.2. The Morgan fingerprint density at radius 3 is 2.38 bits per heavy atom. The molecule has 0 N–H and O–H groups in total. The lowest BCUT2D eigenvalue weighted by molar-refractivity contribution is -0.134. The maximum atomic E-state index is 12.3. The topological polar surface area (TPSA) is 52.6 Å². The van der Waals surface area contributed by atoms with Crippen LogP contribution < -0.4 is 4.74 Å². The minimum Gasteiger partial charge on any atom is -0.493 e. The summed E-state index contributed by atoms with van der Waals surface area (Å²) in [5.41, 5.74) is 1.40. The maximum Gasteiger partial charge on any atom is 0.330 e. The fourth-order valence-corrected chi connectivity index (χ4v) is 1.77. The zero-order chi connectivity index (χ0) is 16.0. The molecule has 114 valence electrons. The van der Waals surface area contributed by atoms with E-state index < -0.39 is 5.97 Å². The van der Waals surface area contributed by atoms with Crippen molar-refractivity contribution in [1.29, 1.82) is 0 Å². The molecule has 0 saturated carbocycles. The number of methoxy groups -OCH3 is 1. The van der Waals surface area contributed by atoms with Crippen LogP contribution in [0.1, 0.15) is 43.6 Å². The Labute approximate surface area is 125 Å². The minimum absolute atomic E-state index is 0.0775. The molecule has 0 atom stereocenters. The Morgan fingerprint density at radius 1 is 1.19 bits per heavy atom. The lowest BCUT2D eigenvalue weighted by Gasteiger charge is -2.20. The number of allylic oxidation sites excluding steroid dienone is 1. The van der Waals surface area contributed by atoms with Crippen LogP contribution in [0.5, 0.6) is 5.75 Å². The van der Waals surface area contributed by atoms with E-state index in [1.165, 1.54) is 13.2 Å². The van der Waals surface area contributed by atoms with E-state index in [9.17, 15) is 9.59 Å². The molecule has 1 aromatic carbocycles. The highest BCUT2D eigenvalue weighted by atomic mass is 16.5. The van der Waals surface area contributed by atoms with E-state index in [1.807, 2.05) is 19.1 Å². The summed E-state index contributed by atoms with van der Waals surface area (Å²) < 4.78 is 9.97. The van der Waals surface area contributed by atoms with Crippen molar-refractivity contribution in [3.63, 3.8) is 0 Å². The number of benzene rings is 1. The van der Waals surface area contributed by atoms with Gasteiger partial charge in [-0.15, -0.1) is 0 Å². The molecule has 1 aromatic rings. The summed E-state index contributed by atoms with van der Waals surface area (Å²) in [6.07, 6.45) is 2.32. The molecule has 1 rings (SSSR count). The molecule has 4 heteroatoms. The van der Waals surface area contributed by atoms with Crippen LogP contribution in [-0.4, -0.2) is 25.5 Å². The van der Waals surface area contributed by atoms with Crippen molar-refractivity contribution in [3.8, 4) is 5.75 Å². The summed E-state index contributed by atoms with van der Waals surface area (Å²) in [5, 5.41) is 0. The molecule has 0 saturated heterocycles. The molecule has 21 heavy (non-hydrogen) atoms. The summed E-state index contributed by atoms with van der Waals surface area (Å²) >= 11 is 0. The van der Waals surface area contributed by atoms with Gasteiger partial charge in [-0.2, -0.15) is 0 Å². The van der Waals surface area contributed by atoms with Gasteiger partial charge >= 0.3 is 5.97 Å². The van der Waals surface area contributed by atoms with E-state index in [0.29, 0.717) is 17.9 Å². The van der Waals surface area contributed by atoms with Crippen LogP contribution >= 0.6 is 0 Å². The van der Waals surface area contributed by atoms with E-state index in [4.69, 9.17) is 4.74 Å². The third kappa shape index (κ3) is 4.74. The summed E-state index contributed by atoms with van der Waals surface area (Å²) in [6, 6.07) is 5.56. The Balaban J connectivity index is 3.20. The average molecular weight is 290 g/mol. The number of carbonyl (C=O) groups is 2. The fourth-order valence-electron chi connectivity index (χ4n) is 1.77. The van der Waals surface area contributed by atoms with E-state index in [-0.39, 0.29) is 11.2 Å². The second-order valence-corrected chi connectivity index (χ2v) is 5.61. The molecule has 0 heterocycles. The van der Waals surface area contributed by atoms with Crippen molar-refractivity contribution >= 4 is 11.8 Å². The first kappa shape index (κ1) is 17.0. The van der Waals surface area contributed by atoms with E-state index >= 15 is 0 Å². The van der Waals surface area contributed by atoms with Crippen LogP contribution in [0.15, 0.2) is 30.4 Å². The standard InChI is InChI=1S/C17H22O4/c1-6-21-15-9-7-12(17(2,3)4)11-13(15)14(18)8-10-16(19)20-5/h7-11H,6H2,1-5H3/b10-8+. The summed E-state index contributed by atoms with van der Waals surface area (Å²) in [5.74, 6) is -0.326. The second-order valence-electron chi connectivity index (χ2n) is 5.61. The number of ether oxygens (including phenoxy) is 2. The highest BCUT2D eigenvalue weighted by Crippen LogP contribution is 2.28. The largest absolute Gasteiger partial charge is 0.493 e. The molecule has 0 aliphatic carbocycles. The maximum absolute atomic E-state index is 12.3. The Kier molecular flexibility index (Phi) is 5.70. The Hall–Kier alpha value is -2.10. The highest BCUT2D eigenvalue weighted by Gasteiger charge is 2.18. The molecule has 0 unspecified atom stereocenters. The smallest absolute Gasteiger partial charge is 0.330 e. The molecular formula is C17H22O4. The van der Waals surface area contributed by atoms with Gasteiger partial charge in [-0.3, -0.25) is 4.79 Å². The van der Waals surface area contributed by atoms with Crippen molar-refractivity contribution in [2.45, 2.75) is 33.1 Å². The SMILES string of the molecule is CCOc1ccc(C(C)(C)C)cc1C(=O)/C=C/C(=O)OC. The first-order valence-corrected chi connectivity index (χ1v) is 6.87. The molecule has 0 bridgehead atoms. The summed E-state index contributed by atoms with van der Waals surface area (Å²) in [4.78, 5) is 23.4. The number of rotatable bonds is 5. The van der Waals surface area contributed by atoms with Crippen LogP contribution in [0.3, 0.4) is 0 Å². The van der Waals surface area contributed by atoms with Gasteiger partial charge in [0.15, 0.2) is 5.78 Å². The highest BCUT2D eigenvalue weighted by molar-refractivity contribution is 6.08. The molecule has 0 aliphatic heterocycles. The molecule has 0 radical (unpaired) electrons. The van der Waals surface area contributed by atoms with Crippen molar-refractivity contribution in [3.05, 3.63) is 41.5 Å². The lowest BCUT2D eigenvalue weighted by Crippen LogP contribution is -2.13. The van der Waals surface area contributed by atoms with Gasteiger partial charge < -0.3 is 9.47 Å². The van der Waals surface area contributed by atoms with Crippen molar-refractivity contribution in [1.82, 2.24) is 0 Å². The molecule has 0 fully saturated rings. The number of carbonyl (C=O) groups excluding carboxylic acids is 2. The average Bonchev–Trinajstić information content (AvgIpc) is 2.43. The predicted octanol–water partition coefficient (Wildman–Crippen LogP) is 3.29. The van der Waals surface area contributed by atoms with Gasteiger partial charge in [-0.1, -0.05) is 26.8 Å². The Bertz CT molecular complexity index is 550. The van der Waals surface area contributed by atoms with Crippen molar-refractivity contribution in [2.75, 3.05) is 13.7 Å². The predicted molar refractivity (Wildman–Crippen MR) is 81.8 cm³/mol. The summed E-state index contributed by atoms with van der Waals surface area (Å²) in [7, 11) is 1.27. The first-order valence-electron chi connectivity index (χ1n) is 6.87. The fraction of sp³-hybridized carbons (Fsp3) is 0.412. The van der Waals surface area contributed by atoms with Gasteiger partial charge in [0.2, 0.25) is 0 Å². The van der Waals surface area contributed by atoms with Gasteiger partial charge in [-0.05, 0) is 36.1 Å². The zero-order valence-corrected chi connectivity index (χ0v) is 13.2. The third-order valence-electron chi connectivity index (χ3n) is 2.98. The second kappa shape index (κ2) is 7.07. The number of hydrogen-bond acceptors (Lipinski definition) is 4. The third-order valence-corrected chi connectivity index (χ3v) is 2.98. The lowest BCUT2D eigenvalue weighted by atomic mass is 9.85. The van der Waals surface area contributed by atoms with Crippen LogP contribution in [0.4, 0.5) is 0 Å². The van der Waals surface area contributed by atoms with Crippen LogP contribution in [0, 0.1) is 0 Å². The van der Waals surface area contributed by atoms with Crippen LogP contribution in [0.25, 0.3) is 0 Å². The van der Waals surface area contributed by atoms with Gasteiger partial charge in [0, 0.05) is 6.08 Å². The number of esters is 1. The normalized spacial score (nSPS) is 11.5. The Morgan fingerprint density at radius 2 is 1.86 bits per heavy atom. The van der Waals surface area contributed by atoms with Crippen molar-refractivity contribution in [2.24, 2.45) is 0 Å². The van der Waals surface area contributed by atoms with Gasteiger partial charge in [0.05, 0.1) is 19.3 Å². The van der Waals surface area contributed by atoms with E-state index in [1.54, 1.807) is 6.07 Å². The number of ketones is 1. The van der Waals surface area contributed by atoms with Gasteiger partial charge in [-0.25, -0.2) is 4.79 Å².